The van der Waals surface area contributed by atoms with E-state index in [1.54, 1.807) is 42.7 Å². The number of ketones is 1. The molecular formula is C33H31N3O4. The van der Waals surface area contributed by atoms with E-state index in [-0.39, 0.29) is 17.9 Å². The number of rotatable bonds is 8. The highest BCUT2D eigenvalue weighted by atomic mass is 16.5. The molecule has 1 fully saturated rings. The third-order valence-corrected chi connectivity index (χ3v) is 6.96. The minimum absolute atomic E-state index is 0.0555. The van der Waals surface area contributed by atoms with E-state index in [9.17, 15) is 14.7 Å². The number of Topliss-reactive ketones (excluding diaryl/α,β-unsaturated/α-hetero) is 1. The number of aryl methyl sites for hydroxylation is 1. The quantitative estimate of drug-likeness (QED) is 0.179. The molecule has 1 amide bonds. The normalized spacial score (nSPS) is 16.3. The number of hydrogen-bond acceptors (Lipinski definition) is 6. The fourth-order valence-corrected chi connectivity index (χ4v) is 4.87. The molecule has 2 heterocycles. The van der Waals surface area contributed by atoms with Crippen LogP contribution in [0.15, 0.2) is 103 Å². The number of ether oxygens (including phenoxy) is 1. The molecule has 1 aliphatic rings. The van der Waals surface area contributed by atoms with Gasteiger partial charge < -0.3 is 19.6 Å². The first kappa shape index (κ1) is 26.7. The minimum Gasteiger partial charge on any atom is -0.507 e. The van der Waals surface area contributed by atoms with Gasteiger partial charge in [-0.05, 0) is 66.1 Å². The van der Waals surface area contributed by atoms with Crippen LogP contribution in [0.3, 0.4) is 0 Å². The second-order valence-electron chi connectivity index (χ2n) is 10.1. The number of benzene rings is 3. The van der Waals surface area contributed by atoms with E-state index >= 15 is 0 Å². The van der Waals surface area contributed by atoms with Crippen LogP contribution in [-0.4, -0.2) is 40.8 Å². The van der Waals surface area contributed by atoms with Crippen LogP contribution < -0.4 is 9.64 Å². The van der Waals surface area contributed by atoms with Crippen molar-refractivity contribution in [2.75, 3.05) is 19.0 Å². The summed E-state index contributed by atoms with van der Waals surface area (Å²) < 4.78 is 5.91. The monoisotopic (exact) mass is 533 g/mol. The first-order valence-electron chi connectivity index (χ1n) is 13.0. The van der Waals surface area contributed by atoms with Crippen LogP contribution in [0.5, 0.6) is 5.75 Å². The number of aliphatic hydroxyl groups is 1. The summed E-state index contributed by atoms with van der Waals surface area (Å²) in [6.45, 7) is 2.63. The largest absolute Gasteiger partial charge is 0.507 e. The predicted molar refractivity (Wildman–Crippen MR) is 155 cm³/mol. The molecule has 202 valence electrons. The lowest BCUT2D eigenvalue weighted by Crippen LogP contribution is -2.29. The summed E-state index contributed by atoms with van der Waals surface area (Å²) >= 11 is 0. The number of carbonyl (C=O) groups excluding carboxylic acids is 2. The van der Waals surface area contributed by atoms with Gasteiger partial charge in [-0.3, -0.25) is 14.6 Å². The molecule has 0 bridgehead atoms. The smallest absolute Gasteiger partial charge is 0.295 e. The SMILES string of the molecule is Cc1cccc(COc2ccc(C(O)=C3C(=O)C(=O)N(Cc4cccnc4)[C@H]3c3ccc(N(C)C)cc3)cc2)c1. The summed E-state index contributed by atoms with van der Waals surface area (Å²) in [5.74, 6) is -0.974. The van der Waals surface area contributed by atoms with Gasteiger partial charge in [-0.1, -0.05) is 48.0 Å². The lowest BCUT2D eigenvalue weighted by Gasteiger charge is -2.26. The second kappa shape index (κ2) is 11.5. The number of aliphatic hydroxyl groups excluding tert-OH is 1. The topological polar surface area (TPSA) is 83.0 Å². The summed E-state index contributed by atoms with van der Waals surface area (Å²) in [6, 6.07) is 25.5. The highest BCUT2D eigenvalue weighted by Crippen LogP contribution is 2.40. The Morgan fingerprint density at radius 3 is 2.33 bits per heavy atom. The van der Waals surface area contributed by atoms with Crippen molar-refractivity contribution in [3.05, 3.63) is 131 Å². The van der Waals surface area contributed by atoms with Crippen molar-refractivity contribution in [3.63, 3.8) is 0 Å². The molecular weight excluding hydrogens is 502 g/mol. The van der Waals surface area contributed by atoms with E-state index in [0.717, 1.165) is 27.9 Å². The summed E-state index contributed by atoms with van der Waals surface area (Å²) in [5.41, 5.74) is 5.20. The van der Waals surface area contributed by atoms with Crippen LogP contribution in [0.2, 0.25) is 0 Å². The molecule has 3 aromatic carbocycles. The maximum absolute atomic E-state index is 13.4. The predicted octanol–water partition coefficient (Wildman–Crippen LogP) is 5.66. The number of anilines is 1. The molecule has 1 atom stereocenters. The Labute approximate surface area is 234 Å². The lowest BCUT2D eigenvalue weighted by atomic mass is 9.95. The van der Waals surface area contributed by atoms with Gasteiger partial charge in [0.05, 0.1) is 11.6 Å². The molecule has 5 rings (SSSR count). The highest BCUT2D eigenvalue weighted by molar-refractivity contribution is 6.46. The molecule has 0 saturated carbocycles. The number of hydrogen-bond donors (Lipinski definition) is 1. The van der Waals surface area contributed by atoms with Gasteiger partial charge in [0, 0.05) is 44.3 Å². The number of carbonyl (C=O) groups is 2. The number of pyridine rings is 1. The molecule has 7 heteroatoms. The summed E-state index contributed by atoms with van der Waals surface area (Å²) in [6.07, 6.45) is 3.32. The maximum atomic E-state index is 13.4. The molecule has 1 aliphatic heterocycles. The minimum atomic E-state index is -0.756. The van der Waals surface area contributed by atoms with Gasteiger partial charge in [0.2, 0.25) is 0 Å². The van der Waals surface area contributed by atoms with E-state index in [4.69, 9.17) is 4.74 Å². The van der Waals surface area contributed by atoms with Crippen LogP contribution >= 0.6 is 0 Å². The Kier molecular flexibility index (Phi) is 7.64. The molecule has 4 aromatic rings. The van der Waals surface area contributed by atoms with Crippen LogP contribution in [-0.2, 0) is 22.7 Å². The zero-order chi connectivity index (χ0) is 28.2. The molecule has 0 aliphatic carbocycles. The first-order valence-corrected chi connectivity index (χ1v) is 13.0. The molecule has 7 nitrogen and oxygen atoms in total. The molecule has 1 aromatic heterocycles. The van der Waals surface area contributed by atoms with Crippen molar-refractivity contribution < 1.29 is 19.4 Å². The van der Waals surface area contributed by atoms with Crippen molar-refractivity contribution in [2.24, 2.45) is 0 Å². The van der Waals surface area contributed by atoms with Gasteiger partial charge in [0.15, 0.2) is 0 Å². The highest BCUT2D eigenvalue weighted by Gasteiger charge is 2.46. The Hall–Kier alpha value is -4.91. The fraction of sp³-hybridized carbons (Fsp3) is 0.182. The standard InChI is InChI=1S/C33H31N3O4/c1-22-6-4-7-23(18-22)21-40-28-15-11-26(12-16-28)31(37)29-30(25-9-13-27(14-10-25)35(2)3)36(33(39)32(29)38)20-24-8-5-17-34-19-24/h4-19,30,37H,20-21H2,1-3H3/t30-/m0/s1. The molecule has 1 N–H and O–H groups in total. The number of amides is 1. The zero-order valence-electron chi connectivity index (χ0n) is 22.7. The van der Waals surface area contributed by atoms with E-state index in [1.807, 2.05) is 74.4 Å². The molecule has 0 unspecified atom stereocenters. The van der Waals surface area contributed by atoms with Crippen molar-refractivity contribution in [1.29, 1.82) is 0 Å². The number of aromatic nitrogens is 1. The van der Waals surface area contributed by atoms with Crippen LogP contribution in [0, 0.1) is 6.92 Å². The zero-order valence-corrected chi connectivity index (χ0v) is 22.7. The number of nitrogens with zero attached hydrogens (tertiary/aromatic N) is 3. The Morgan fingerprint density at radius 2 is 1.68 bits per heavy atom. The van der Waals surface area contributed by atoms with Crippen molar-refractivity contribution in [2.45, 2.75) is 26.1 Å². The van der Waals surface area contributed by atoms with Gasteiger partial charge in [-0.25, -0.2) is 0 Å². The average Bonchev–Trinajstić information content (AvgIpc) is 3.21. The third-order valence-electron chi connectivity index (χ3n) is 6.96. The van der Waals surface area contributed by atoms with Crippen LogP contribution in [0.4, 0.5) is 5.69 Å². The van der Waals surface area contributed by atoms with Gasteiger partial charge in [0.1, 0.15) is 18.1 Å². The van der Waals surface area contributed by atoms with E-state index < -0.39 is 17.7 Å². The Morgan fingerprint density at radius 1 is 0.950 bits per heavy atom. The van der Waals surface area contributed by atoms with Crippen molar-refractivity contribution >= 4 is 23.1 Å². The van der Waals surface area contributed by atoms with Gasteiger partial charge in [-0.15, -0.1) is 0 Å². The van der Waals surface area contributed by atoms with Gasteiger partial charge in [-0.2, -0.15) is 0 Å². The lowest BCUT2D eigenvalue weighted by molar-refractivity contribution is -0.140. The summed E-state index contributed by atoms with van der Waals surface area (Å²) in [7, 11) is 3.88. The van der Waals surface area contributed by atoms with Crippen LogP contribution in [0.1, 0.15) is 33.9 Å². The van der Waals surface area contributed by atoms with Gasteiger partial charge in [0.25, 0.3) is 11.7 Å². The average molecular weight is 534 g/mol. The van der Waals surface area contributed by atoms with E-state index in [1.165, 1.54) is 4.90 Å². The molecule has 40 heavy (non-hydrogen) atoms. The Bertz CT molecular complexity index is 1550. The second-order valence-corrected chi connectivity index (χ2v) is 10.1. The van der Waals surface area contributed by atoms with Crippen LogP contribution in [0.25, 0.3) is 5.76 Å². The van der Waals surface area contributed by atoms with Gasteiger partial charge >= 0.3 is 0 Å². The molecule has 1 saturated heterocycles. The summed E-state index contributed by atoms with van der Waals surface area (Å²) in [5, 5.41) is 11.4. The summed E-state index contributed by atoms with van der Waals surface area (Å²) in [4.78, 5) is 34.3. The first-order chi connectivity index (χ1) is 19.3. The fourth-order valence-electron chi connectivity index (χ4n) is 4.87. The third kappa shape index (κ3) is 5.59. The van der Waals surface area contributed by atoms with Crippen molar-refractivity contribution in [3.8, 4) is 5.75 Å². The molecule has 0 spiro atoms. The Balaban J connectivity index is 1.48. The maximum Gasteiger partial charge on any atom is 0.295 e. The van der Waals surface area contributed by atoms with Crippen molar-refractivity contribution in [1.82, 2.24) is 9.88 Å². The van der Waals surface area contributed by atoms with E-state index in [0.29, 0.717) is 17.9 Å². The number of likely N-dealkylation sites (tertiary alicyclic amines) is 1. The molecule has 0 radical (unpaired) electrons. The van der Waals surface area contributed by atoms with E-state index in [2.05, 4.69) is 11.1 Å².